The Kier molecular flexibility index (Phi) is 4.34. The van der Waals surface area contributed by atoms with Crippen molar-refractivity contribution in [1.82, 2.24) is 4.90 Å². The fourth-order valence-electron chi connectivity index (χ4n) is 2.21. The predicted octanol–water partition coefficient (Wildman–Crippen LogP) is 1.12. The molecule has 0 saturated carbocycles. The van der Waals surface area contributed by atoms with Crippen LogP contribution in [0.5, 0.6) is 0 Å². The number of nitrogens with zero attached hydrogens (tertiary/aromatic N) is 1. The first-order chi connectivity index (χ1) is 10.3. The summed E-state index contributed by atoms with van der Waals surface area (Å²) in [6, 6.07) is -0.0789. The van der Waals surface area contributed by atoms with E-state index in [1.54, 1.807) is 0 Å². The highest BCUT2D eigenvalue weighted by Crippen LogP contribution is 2.20. The Labute approximate surface area is 122 Å². The molecule has 6 nitrogen and oxygen atoms in total. The number of hydrogen-bond donors (Lipinski definition) is 2. The highest BCUT2D eigenvalue weighted by molar-refractivity contribution is 6.39. The van der Waals surface area contributed by atoms with Gasteiger partial charge in [-0.25, -0.2) is 18.0 Å². The van der Waals surface area contributed by atoms with Gasteiger partial charge in [-0.05, 0) is 12.8 Å². The molecule has 0 aromatic heterocycles. The number of aliphatic carboxylic acids is 1. The molecular weight excluding hydrogens is 305 g/mol. The molecule has 22 heavy (non-hydrogen) atoms. The van der Waals surface area contributed by atoms with Gasteiger partial charge in [0, 0.05) is 24.4 Å². The number of carbonyl (C=O) groups excluding carboxylic acids is 2. The van der Waals surface area contributed by atoms with E-state index in [1.807, 2.05) is 5.32 Å². The zero-order valence-electron chi connectivity index (χ0n) is 11.1. The lowest BCUT2D eigenvalue weighted by molar-refractivity contribution is -0.151. The maximum Gasteiger partial charge on any atom is 0.326 e. The number of benzene rings is 1. The summed E-state index contributed by atoms with van der Waals surface area (Å²) in [5.74, 6) is -8.36. The van der Waals surface area contributed by atoms with Gasteiger partial charge in [0.1, 0.15) is 6.04 Å². The minimum atomic E-state index is -1.70. The van der Waals surface area contributed by atoms with Crippen molar-refractivity contribution >= 4 is 23.5 Å². The average Bonchev–Trinajstić information content (AvgIpc) is 2.93. The summed E-state index contributed by atoms with van der Waals surface area (Å²) in [6.07, 6.45) is 0.643. The van der Waals surface area contributed by atoms with Crippen molar-refractivity contribution in [3.8, 4) is 0 Å². The SMILES string of the molecule is O=C(Nc1cc(F)c(F)c(F)c1)C(=O)N1CCCC1C(=O)O. The number of carbonyl (C=O) groups is 3. The first-order valence-corrected chi connectivity index (χ1v) is 6.30. The summed E-state index contributed by atoms with van der Waals surface area (Å²) in [6.45, 7) is 0.0926. The van der Waals surface area contributed by atoms with E-state index in [9.17, 15) is 27.6 Å². The van der Waals surface area contributed by atoms with E-state index in [1.165, 1.54) is 0 Å². The van der Waals surface area contributed by atoms with E-state index in [-0.39, 0.29) is 13.0 Å². The van der Waals surface area contributed by atoms with Crippen LogP contribution < -0.4 is 5.32 Å². The highest BCUT2D eigenvalue weighted by atomic mass is 19.2. The molecule has 1 aromatic carbocycles. The number of amides is 2. The first kappa shape index (κ1) is 15.8. The molecule has 0 aliphatic carbocycles. The van der Waals surface area contributed by atoms with Crippen molar-refractivity contribution in [2.45, 2.75) is 18.9 Å². The van der Waals surface area contributed by atoms with Crippen LogP contribution in [0, 0.1) is 17.5 Å². The van der Waals surface area contributed by atoms with Gasteiger partial charge in [0.2, 0.25) is 0 Å². The molecule has 1 unspecified atom stereocenters. The molecule has 1 saturated heterocycles. The van der Waals surface area contributed by atoms with Gasteiger partial charge in [-0.1, -0.05) is 0 Å². The highest BCUT2D eigenvalue weighted by Gasteiger charge is 2.36. The van der Waals surface area contributed by atoms with Gasteiger partial charge in [-0.3, -0.25) is 9.59 Å². The van der Waals surface area contributed by atoms with Gasteiger partial charge in [-0.15, -0.1) is 0 Å². The molecule has 9 heteroatoms. The van der Waals surface area contributed by atoms with Crippen molar-refractivity contribution in [3.05, 3.63) is 29.6 Å². The zero-order chi connectivity index (χ0) is 16.4. The smallest absolute Gasteiger partial charge is 0.326 e. The second-order valence-electron chi connectivity index (χ2n) is 4.70. The largest absolute Gasteiger partial charge is 0.480 e. The van der Waals surface area contributed by atoms with Crippen molar-refractivity contribution in [1.29, 1.82) is 0 Å². The Bertz CT molecular complexity index is 627. The third kappa shape index (κ3) is 3.02. The molecule has 1 aliphatic rings. The Balaban J connectivity index is 2.12. The number of hydrogen-bond acceptors (Lipinski definition) is 3. The minimum absolute atomic E-state index is 0.0926. The number of anilines is 1. The Morgan fingerprint density at radius 3 is 2.32 bits per heavy atom. The molecular formula is C13H11F3N2O4. The summed E-state index contributed by atoms with van der Waals surface area (Å²) in [7, 11) is 0. The summed E-state index contributed by atoms with van der Waals surface area (Å²) < 4.78 is 38.8. The fraction of sp³-hybridized carbons (Fsp3) is 0.308. The van der Waals surface area contributed by atoms with Crippen LogP contribution in [0.4, 0.5) is 18.9 Å². The quantitative estimate of drug-likeness (QED) is 0.632. The standard InChI is InChI=1S/C13H11F3N2O4/c14-7-4-6(5-8(15)10(7)16)17-11(19)12(20)18-3-1-2-9(18)13(21)22/h4-5,9H,1-3H2,(H,17,19)(H,21,22). The average molecular weight is 316 g/mol. The summed E-state index contributed by atoms with van der Waals surface area (Å²) in [4.78, 5) is 35.5. The van der Waals surface area contributed by atoms with Crippen LogP contribution in [0.25, 0.3) is 0 Å². The van der Waals surface area contributed by atoms with Crippen LogP contribution in [-0.4, -0.2) is 40.4 Å². The van der Waals surface area contributed by atoms with Crippen LogP contribution in [0.1, 0.15) is 12.8 Å². The van der Waals surface area contributed by atoms with E-state index in [0.29, 0.717) is 18.6 Å². The van der Waals surface area contributed by atoms with Crippen molar-refractivity contribution in [2.24, 2.45) is 0 Å². The van der Waals surface area contributed by atoms with Crippen LogP contribution >= 0.6 is 0 Å². The first-order valence-electron chi connectivity index (χ1n) is 6.30. The zero-order valence-corrected chi connectivity index (χ0v) is 11.1. The van der Waals surface area contributed by atoms with Gasteiger partial charge in [0.15, 0.2) is 17.5 Å². The number of nitrogens with one attached hydrogen (secondary N) is 1. The van der Waals surface area contributed by atoms with Gasteiger partial charge >= 0.3 is 17.8 Å². The topological polar surface area (TPSA) is 86.7 Å². The molecule has 0 bridgehead atoms. The third-order valence-electron chi connectivity index (χ3n) is 3.23. The number of carboxylic acids is 1. The van der Waals surface area contributed by atoms with Gasteiger partial charge in [-0.2, -0.15) is 0 Å². The van der Waals surface area contributed by atoms with E-state index in [0.717, 1.165) is 4.90 Å². The molecule has 1 aliphatic heterocycles. The van der Waals surface area contributed by atoms with Gasteiger partial charge in [0.05, 0.1) is 0 Å². The number of rotatable bonds is 2. The molecule has 1 fully saturated rings. The van der Waals surface area contributed by atoms with E-state index in [2.05, 4.69) is 0 Å². The molecule has 2 amide bonds. The monoisotopic (exact) mass is 316 g/mol. The molecule has 2 N–H and O–H groups in total. The Morgan fingerprint density at radius 2 is 1.77 bits per heavy atom. The lowest BCUT2D eigenvalue weighted by Crippen LogP contribution is -2.45. The van der Waals surface area contributed by atoms with E-state index in [4.69, 9.17) is 5.11 Å². The molecule has 118 valence electrons. The normalized spacial score (nSPS) is 17.4. The lowest BCUT2D eigenvalue weighted by atomic mass is 10.2. The lowest BCUT2D eigenvalue weighted by Gasteiger charge is -2.20. The van der Waals surface area contributed by atoms with E-state index < -0.39 is 47.0 Å². The minimum Gasteiger partial charge on any atom is -0.480 e. The van der Waals surface area contributed by atoms with E-state index >= 15 is 0 Å². The van der Waals surface area contributed by atoms with Crippen molar-refractivity contribution in [3.63, 3.8) is 0 Å². The van der Waals surface area contributed by atoms with Gasteiger partial charge < -0.3 is 15.3 Å². The van der Waals surface area contributed by atoms with Crippen LogP contribution in [-0.2, 0) is 14.4 Å². The summed E-state index contributed by atoms with van der Waals surface area (Å²) in [5.41, 5.74) is -0.444. The number of likely N-dealkylation sites (tertiary alicyclic amines) is 1. The van der Waals surface area contributed by atoms with Crippen molar-refractivity contribution in [2.75, 3.05) is 11.9 Å². The molecule has 1 heterocycles. The summed E-state index contributed by atoms with van der Waals surface area (Å²) in [5, 5.41) is 10.9. The number of halogens is 3. The van der Waals surface area contributed by atoms with Crippen LogP contribution in [0.3, 0.4) is 0 Å². The number of carboxylic acid groups (broad SMARTS) is 1. The molecule has 0 radical (unpaired) electrons. The second-order valence-corrected chi connectivity index (χ2v) is 4.70. The Hall–Kier alpha value is -2.58. The summed E-state index contributed by atoms with van der Waals surface area (Å²) >= 11 is 0. The molecule has 2 rings (SSSR count). The van der Waals surface area contributed by atoms with Crippen LogP contribution in [0.15, 0.2) is 12.1 Å². The van der Waals surface area contributed by atoms with Gasteiger partial charge in [0.25, 0.3) is 0 Å². The maximum absolute atomic E-state index is 13.0. The fourth-order valence-corrected chi connectivity index (χ4v) is 2.21. The van der Waals surface area contributed by atoms with Crippen LogP contribution in [0.2, 0.25) is 0 Å². The maximum atomic E-state index is 13.0. The Morgan fingerprint density at radius 1 is 1.18 bits per heavy atom. The van der Waals surface area contributed by atoms with Crippen molar-refractivity contribution < 1.29 is 32.7 Å². The second kappa shape index (κ2) is 6.04. The third-order valence-corrected chi connectivity index (χ3v) is 3.23. The molecule has 1 aromatic rings. The molecule has 0 spiro atoms. The predicted molar refractivity (Wildman–Crippen MR) is 67.3 cm³/mol. The molecule has 1 atom stereocenters.